The zero-order valence-corrected chi connectivity index (χ0v) is 19.9. The first kappa shape index (κ1) is 21.7. The first-order chi connectivity index (χ1) is 17.8. The van der Waals surface area contributed by atoms with Crippen molar-refractivity contribution in [3.05, 3.63) is 146 Å². The fraction of sp³-hybridized carbons (Fsp3) is 0. The summed E-state index contributed by atoms with van der Waals surface area (Å²) in [6.07, 6.45) is 0. The van der Waals surface area contributed by atoms with E-state index in [1.165, 1.54) is 10.8 Å². The van der Waals surface area contributed by atoms with Gasteiger partial charge in [0.2, 0.25) is 0 Å². The first-order valence-corrected chi connectivity index (χ1v) is 12.2. The maximum absolute atomic E-state index is 6.68. The quantitative estimate of drug-likeness (QED) is 0.259. The Morgan fingerprint density at radius 3 is 1.67 bits per heavy atom. The lowest BCUT2D eigenvalue weighted by molar-refractivity contribution is 1.30. The van der Waals surface area contributed by atoms with Crippen LogP contribution < -0.4 is 10.6 Å². The molecule has 36 heavy (non-hydrogen) atoms. The third-order valence-electron chi connectivity index (χ3n) is 6.65. The number of hydrogen-bond donors (Lipinski definition) is 1. The molecule has 0 saturated heterocycles. The Hall–Kier alpha value is -4.82. The van der Waals surface area contributed by atoms with Crippen LogP contribution in [0, 0.1) is 0 Å². The molecule has 6 aromatic rings. The largest absolute Gasteiger partial charge is 0.398 e. The van der Waals surface area contributed by atoms with E-state index in [1.54, 1.807) is 0 Å². The predicted molar refractivity (Wildman–Crippen MR) is 154 cm³/mol. The minimum atomic E-state index is 0.797. The van der Waals surface area contributed by atoms with Crippen LogP contribution in [0.3, 0.4) is 0 Å². The Morgan fingerprint density at radius 1 is 0.417 bits per heavy atom. The molecule has 0 atom stereocenters. The zero-order valence-electron chi connectivity index (χ0n) is 19.9. The van der Waals surface area contributed by atoms with Gasteiger partial charge in [0.25, 0.3) is 0 Å². The van der Waals surface area contributed by atoms with E-state index in [0.29, 0.717) is 0 Å². The van der Waals surface area contributed by atoms with Gasteiger partial charge in [-0.15, -0.1) is 0 Å². The SMILES string of the molecule is Nc1c(-c2ccccc2)cccc1-c1ccc(N(c2ccccc2)c2cccc3ccccc23)cc1. The highest BCUT2D eigenvalue weighted by atomic mass is 15.1. The summed E-state index contributed by atoms with van der Waals surface area (Å²) in [4.78, 5) is 2.32. The summed E-state index contributed by atoms with van der Waals surface area (Å²) in [7, 11) is 0. The van der Waals surface area contributed by atoms with Crippen LogP contribution in [0.1, 0.15) is 0 Å². The second-order valence-electron chi connectivity index (χ2n) is 8.85. The van der Waals surface area contributed by atoms with Crippen LogP contribution in [0.2, 0.25) is 0 Å². The van der Waals surface area contributed by atoms with Gasteiger partial charge in [0, 0.05) is 33.6 Å². The Kier molecular flexibility index (Phi) is 5.69. The van der Waals surface area contributed by atoms with Crippen molar-refractivity contribution in [1.29, 1.82) is 0 Å². The molecule has 2 N–H and O–H groups in total. The molecule has 0 aliphatic rings. The summed E-state index contributed by atoms with van der Waals surface area (Å²) in [5.41, 5.74) is 15.2. The van der Waals surface area contributed by atoms with E-state index in [1.807, 2.05) is 18.2 Å². The molecule has 0 spiro atoms. The zero-order chi connectivity index (χ0) is 24.3. The van der Waals surface area contributed by atoms with Gasteiger partial charge in [-0.1, -0.05) is 115 Å². The van der Waals surface area contributed by atoms with Gasteiger partial charge < -0.3 is 10.6 Å². The van der Waals surface area contributed by atoms with Gasteiger partial charge >= 0.3 is 0 Å². The molecule has 2 nitrogen and oxygen atoms in total. The summed E-state index contributed by atoms with van der Waals surface area (Å²) < 4.78 is 0. The topological polar surface area (TPSA) is 29.3 Å². The highest BCUT2D eigenvalue weighted by Gasteiger charge is 2.16. The van der Waals surface area contributed by atoms with Crippen LogP contribution in [0.5, 0.6) is 0 Å². The monoisotopic (exact) mass is 462 g/mol. The van der Waals surface area contributed by atoms with E-state index < -0.39 is 0 Å². The lowest BCUT2D eigenvalue weighted by Gasteiger charge is -2.27. The van der Waals surface area contributed by atoms with Gasteiger partial charge in [0.1, 0.15) is 0 Å². The van der Waals surface area contributed by atoms with Gasteiger partial charge in [-0.3, -0.25) is 0 Å². The van der Waals surface area contributed by atoms with Gasteiger partial charge in [-0.05, 0) is 46.8 Å². The minimum Gasteiger partial charge on any atom is -0.398 e. The number of nitrogens with two attached hydrogens (primary N) is 1. The number of benzene rings is 6. The van der Waals surface area contributed by atoms with Crippen molar-refractivity contribution in [3.8, 4) is 22.3 Å². The van der Waals surface area contributed by atoms with Crippen LogP contribution in [-0.2, 0) is 0 Å². The maximum Gasteiger partial charge on any atom is 0.0540 e. The van der Waals surface area contributed by atoms with Gasteiger partial charge in [0.15, 0.2) is 0 Å². The third-order valence-corrected chi connectivity index (χ3v) is 6.65. The molecule has 0 saturated carbocycles. The summed E-state index contributed by atoms with van der Waals surface area (Å²) in [6, 6.07) is 50.8. The lowest BCUT2D eigenvalue weighted by atomic mass is 9.96. The molecule has 0 aliphatic carbocycles. The van der Waals surface area contributed by atoms with E-state index in [2.05, 4.69) is 132 Å². The number of para-hydroxylation sites is 2. The molecule has 6 aromatic carbocycles. The number of rotatable bonds is 5. The molecule has 0 fully saturated rings. The molecule has 0 aliphatic heterocycles. The normalized spacial score (nSPS) is 10.9. The molecule has 0 bridgehead atoms. The number of hydrogen-bond acceptors (Lipinski definition) is 2. The highest BCUT2D eigenvalue weighted by molar-refractivity contribution is 5.99. The van der Waals surface area contributed by atoms with Crippen molar-refractivity contribution in [1.82, 2.24) is 0 Å². The van der Waals surface area contributed by atoms with Crippen LogP contribution in [0.4, 0.5) is 22.7 Å². The average Bonchev–Trinajstić information content (AvgIpc) is 2.95. The summed E-state index contributed by atoms with van der Waals surface area (Å²) in [6.45, 7) is 0. The number of anilines is 4. The summed E-state index contributed by atoms with van der Waals surface area (Å²) >= 11 is 0. The second-order valence-corrected chi connectivity index (χ2v) is 8.85. The van der Waals surface area contributed by atoms with Crippen molar-refractivity contribution in [2.45, 2.75) is 0 Å². The Balaban J connectivity index is 1.45. The number of fused-ring (bicyclic) bond motifs is 1. The van der Waals surface area contributed by atoms with Gasteiger partial charge in [-0.2, -0.15) is 0 Å². The van der Waals surface area contributed by atoms with Crippen molar-refractivity contribution in [3.63, 3.8) is 0 Å². The smallest absolute Gasteiger partial charge is 0.0540 e. The molecule has 0 heterocycles. The third kappa shape index (κ3) is 3.99. The summed E-state index contributed by atoms with van der Waals surface area (Å²) in [5, 5.41) is 2.44. The van der Waals surface area contributed by atoms with Crippen LogP contribution >= 0.6 is 0 Å². The predicted octanol–water partition coefficient (Wildman–Crippen LogP) is 9.23. The van der Waals surface area contributed by atoms with Crippen LogP contribution in [0.25, 0.3) is 33.0 Å². The molecule has 2 heteroatoms. The lowest BCUT2D eigenvalue weighted by Crippen LogP contribution is -2.10. The van der Waals surface area contributed by atoms with E-state index in [9.17, 15) is 0 Å². The second kappa shape index (κ2) is 9.44. The molecule has 0 aromatic heterocycles. The average molecular weight is 463 g/mol. The van der Waals surface area contributed by atoms with E-state index in [-0.39, 0.29) is 0 Å². The molecule has 172 valence electrons. The van der Waals surface area contributed by atoms with Crippen LogP contribution in [0.15, 0.2) is 146 Å². The number of nitrogen functional groups attached to an aromatic ring is 1. The van der Waals surface area contributed by atoms with E-state index >= 15 is 0 Å². The van der Waals surface area contributed by atoms with E-state index in [0.717, 1.165) is 45.0 Å². The van der Waals surface area contributed by atoms with Gasteiger partial charge in [0.05, 0.1) is 5.69 Å². The van der Waals surface area contributed by atoms with Crippen molar-refractivity contribution in [2.75, 3.05) is 10.6 Å². The van der Waals surface area contributed by atoms with Crippen molar-refractivity contribution >= 4 is 33.5 Å². The van der Waals surface area contributed by atoms with Crippen molar-refractivity contribution in [2.24, 2.45) is 0 Å². The fourth-order valence-corrected chi connectivity index (χ4v) is 4.88. The molecular weight excluding hydrogens is 436 g/mol. The Bertz CT molecular complexity index is 1620. The van der Waals surface area contributed by atoms with Crippen molar-refractivity contribution < 1.29 is 0 Å². The van der Waals surface area contributed by atoms with E-state index in [4.69, 9.17) is 5.73 Å². The standard InChI is InChI=1S/C34H26N2/c35-34-31(26-11-3-1-4-12-26)18-10-19-32(34)27-21-23-29(24-22-27)36(28-15-5-2-6-16-28)33-20-9-14-25-13-7-8-17-30(25)33/h1-24H,35H2. The maximum atomic E-state index is 6.68. The first-order valence-electron chi connectivity index (χ1n) is 12.2. The summed E-state index contributed by atoms with van der Waals surface area (Å²) in [5.74, 6) is 0. The fourth-order valence-electron chi connectivity index (χ4n) is 4.88. The Morgan fingerprint density at radius 2 is 0.944 bits per heavy atom. The Labute approximate surface area is 211 Å². The highest BCUT2D eigenvalue weighted by Crippen LogP contribution is 2.40. The molecule has 0 radical (unpaired) electrons. The molecule has 0 unspecified atom stereocenters. The minimum absolute atomic E-state index is 0.797. The number of nitrogens with zero attached hydrogens (tertiary/aromatic N) is 1. The van der Waals surface area contributed by atoms with Crippen LogP contribution in [-0.4, -0.2) is 0 Å². The molecular formula is C34H26N2. The van der Waals surface area contributed by atoms with Gasteiger partial charge in [-0.25, -0.2) is 0 Å². The molecule has 6 rings (SSSR count). The molecule has 0 amide bonds.